The molecule has 0 radical (unpaired) electrons. The van der Waals surface area contributed by atoms with Crippen molar-refractivity contribution < 1.29 is 14.3 Å². The van der Waals surface area contributed by atoms with E-state index in [9.17, 15) is 9.59 Å². The largest absolute Gasteiger partial charge is 0.467 e. The molecule has 4 N–H and O–H groups in total. The summed E-state index contributed by atoms with van der Waals surface area (Å²) in [6.45, 7) is 1.87. The van der Waals surface area contributed by atoms with Gasteiger partial charge in [0, 0.05) is 17.3 Å². The van der Waals surface area contributed by atoms with Gasteiger partial charge in [-0.1, -0.05) is 30.3 Å². The molecule has 8 heteroatoms. The molecule has 30 heavy (non-hydrogen) atoms. The maximum Gasteiger partial charge on any atom is 0.328 e. The van der Waals surface area contributed by atoms with Crippen molar-refractivity contribution >= 4 is 42.0 Å². The number of thiol groups is 1. The fourth-order valence-corrected chi connectivity index (χ4v) is 3.47. The molecule has 2 aromatic carbocycles. The molecule has 6 nitrogen and oxygen atoms in total. The Morgan fingerprint density at radius 3 is 2.50 bits per heavy atom. The van der Waals surface area contributed by atoms with E-state index in [0.717, 1.165) is 22.6 Å². The highest BCUT2D eigenvalue weighted by Crippen LogP contribution is 2.28. The maximum absolute atomic E-state index is 13.1. The zero-order chi connectivity index (χ0) is 22.1. The fraction of sp³-hybridized carbons (Fsp3) is 0.364. The Kier molecular flexibility index (Phi) is 9.55. The molecule has 0 aromatic heterocycles. The van der Waals surface area contributed by atoms with Gasteiger partial charge in [-0.15, -0.1) is 0 Å². The zero-order valence-electron chi connectivity index (χ0n) is 17.4. The molecule has 0 spiro atoms. The van der Waals surface area contributed by atoms with E-state index >= 15 is 0 Å². The highest BCUT2D eigenvalue weighted by atomic mass is 32.2. The van der Waals surface area contributed by atoms with E-state index in [1.54, 1.807) is 17.8 Å². The van der Waals surface area contributed by atoms with Crippen LogP contribution < -0.4 is 16.4 Å². The predicted octanol–water partition coefficient (Wildman–Crippen LogP) is 3.39. The number of thioether (sulfide) groups is 1. The zero-order valence-corrected chi connectivity index (χ0v) is 19.1. The van der Waals surface area contributed by atoms with Crippen LogP contribution in [0.5, 0.6) is 0 Å². The Morgan fingerprint density at radius 2 is 1.90 bits per heavy atom. The molecule has 0 heterocycles. The van der Waals surface area contributed by atoms with Gasteiger partial charge in [0.15, 0.2) is 0 Å². The molecule has 0 aliphatic heterocycles. The third kappa shape index (κ3) is 6.68. The number of methoxy groups -OCH3 is 1. The SMILES string of the molecule is COC(=O)C(CCSC)NC(=O)c1ccc(NC(S)C(C)N)cc1-c1ccccc1. The third-order valence-corrected chi connectivity index (χ3v) is 5.81. The lowest BCUT2D eigenvalue weighted by Crippen LogP contribution is -2.42. The Bertz CT molecular complexity index is 847. The van der Waals surface area contributed by atoms with Gasteiger partial charge in [0.1, 0.15) is 6.04 Å². The van der Waals surface area contributed by atoms with E-state index in [2.05, 4.69) is 23.3 Å². The number of carbonyl (C=O) groups excluding carboxylic acids is 2. The Morgan fingerprint density at radius 1 is 1.20 bits per heavy atom. The summed E-state index contributed by atoms with van der Waals surface area (Å²) in [6.07, 6.45) is 2.45. The van der Waals surface area contributed by atoms with Crippen LogP contribution in [0.25, 0.3) is 11.1 Å². The molecule has 2 rings (SSSR count). The van der Waals surface area contributed by atoms with Gasteiger partial charge < -0.3 is 21.1 Å². The smallest absolute Gasteiger partial charge is 0.328 e. The second kappa shape index (κ2) is 11.9. The van der Waals surface area contributed by atoms with Crippen molar-refractivity contribution in [1.82, 2.24) is 5.32 Å². The van der Waals surface area contributed by atoms with E-state index in [4.69, 9.17) is 10.5 Å². The fourth-order valence-electron chi connectivity index (χ4n) is 2.85. The van der Waals surface area contributed by atoms with Gasteiger partial charge in [-0.3, -0.25) is 4.79 Å². The molecular formula is C22H29N3O3S2. The first kappa shape index (κ1) is 24.1. The van der Waals surface area contributed by atoms with Gasteiger partial charge in [0.2, 0.25) is 0 Å². The summed E-state index contributed by atoms with van der Waals surface area (Å²) in [5.41, 5.74) is 8.81. The highest BCUT2D eigenvalue weighted by molar-refractivity contribution is 7.98. The molecule has 162 valence electrons. The minimum absolute atomic E-state index is 0.159. The molecule has 1 amide bonds. The van der Waals surface area contributed by atoms with Crippen LogP contribution in [0.3, 0.4) is 0 Å². The van der Waals surface area contributed by atoms with Gasteiger partial charge >= 0.3 is 5.97 Å². The Hall–Kier alpha value is -2.16. The molecule has 0 saturated carbocycles. The second-order valence-electron chi connectivity index (χ2n) is 6.91. The predicted molar refractivity (Wildman–Crippen MR) is 128 cm³/mol. The Balaban J connectivity index is 2.37. The molecule has 0 aliphatic rings. The Labute approximate surface area is 187 Å². The van der Waals surface area contributed by atoms with Crippen molar-refractivity contribution in [3.63, 3.8) is 0 Å². The molecule has 2 aromatic rings. The number of esters is 1. The van der Waals surface area contributed by atoms with E-state index in [0.29, 0.717) is 12.0 Å². The number of carbonyl (C=O) groups is 2. The van der Waals surface area contributed by atoms with Gasteiger partial charge in [-0.2, -0.15) is 24.4 Å². The van der Waals surface area contributed by atoms with Crippen LogP contribution in [0.2, 0.25) is 0 Å². The van der Waals surface area contributed by atoms with Crippen LogP contribution in [0.4, 0.5) is 5.69 Å². The van der Waals surface area contributed by atoms with Gasteiger partial charge in [0.25, 0.3) is 5.91 Å². The monoisotopic (exact) mass is 447 g/mol. The minimum Gasteiger partial charge on any atom is -0.467 e. The highest BCUT2D eigenvalue weighted by Gasteiger charge is 2.23. The number of rotatable bonds is 10. The van der Waals surface area contributed by atoms with Crippen molar-refractivity contribution in [3.8, 4) is 11.1 Å². The van der Waals surface area contributed by atoms with Crippen LogP contribution in [-0.2, 0) is 9.53 Å². The van der Waals surface area contributed by atoms with Crippen molar-refractivity contribution in [3.05, 3.63) is 54.1 Å². The van der Waals surface area contributed by atoms with Crippen LogP contribution in [0, 0.1) is 0 Å². The molecule has 0 aliphatic carbocycles. The number of anilines is 1. The average Bonchev–Trinajstić information content (AvgIpc) is 2.76. The van der Waals surface area contributed by atoms with Crippen LogP contribution in [0.15, 0.2) is 48.5 Å². The number of nitrogens with two attached hydrogens (primary N) is 1. The minimum atomic E-state index is -0.698. The maximum atomic E-state index is 13.1. The van der Waals surface area contributed by atoms with Crippen LogP contribution >= 0.6 is 24.4 Å². The van der Waals surface area contributed by atoms with Gasteiger partial charge in [0.05, 0.1) is 12.5 Å². The summed E-state index contributed by atoms with van der Waals surface area (Å²) in [7, 11) is 1.32. The number of benzene rings is 2. The van der Waals surface area contributed by atoms with Gasteiger partial charge in [-0.05, 0) is 54.7 Å². The first-order valence-corrected chi connectivity index (χ1v) is 11.6. The summed E-state index contributed by atoms with van der Waals surface area (Å²) in [4.78, 5) is 25.2. The number of hydrogen-bond donors (Lipinski definition) is 4. The third-order valence-electron chi connectivity index (χ3n) is 4.56. The number of nitrogens with one attached hydrogen (secondary N) is 2. The number of amides is 1. The lowest BCUT2D eigenvalue weighted by Gasteiger charge is -2.20. The molecule has 3 unspecified atom stereocenters. The van der Waals surface area contributed by atoms with Crippen LogP contribution in [-0.4, -0.2) is 48.5 Å². The summed E-state index contributed by atoms with van der Waals surface area (Å²) in [5.74, 6) is -0.0481. The standard InChI is InChI=1S/C22H29N3O3S2/c1-14(23)21(29)24-16-9-10-17(18(13-16)15-7-5-4-6-8-15)20(26)25-19(11-12-30-3)22(27)28-2/h4-10,13-14,19,21,24,29H,11-12,23H2,1-3H3,(H,25,26). The molecular weight excluding hydrogens is 418 g/mol. The lowest BCUT2D eigenvalue weighted by atomic mass is 9.98. The van der Waals surface area contributed by atoms with Crippen molar-refractivity contribution in [1.29, 1.82) is 0 Å². The summed E-state index contributed by atoms with van der Waals surface area (Å²) < 4.78 is 4.85. The molecule has 0 saturated heterocycles. The topological polar surface area (TPSA) is 93.4 Å². The molecule has 3 atom stereocenters. The quantitative estimate of drug-likeness (QED) is 0.253. The first-order valence-electron chi connectivity index (χ1n) is 9.64. The van der Waals surface area contributed by atoms with E-state index in [1.807, 2.05) is 55.6 Å². The summed E-state index contributed by atoms with van der Waals surface area (Å²) in [5, 5.41) is 5.84. The van der Waals surface area contributed by atoms with E-state index in [1.165, 1.54) is 7.11 Å². The second-order valence-corrected chi connectivity index (χ2v) is 8.45. The van der Waals surface area contributed by atoms with Crippen molar-refractivity contribution in [2.45, 2.75) is 30.8 Å². The normalized spacial score (nSPS) is 13.8. The number of hydrogen-bond acceptors (Lipinski definition) is 7. The number of ether oxygens (including phenoxy) is 1. The molecule has 0 bridgehead atoms. The van der Waals surface area contributed by atoms with Gasteiger partial charge in [-0.25, -0.2) is 4.79 Å². The van der Waals surface area contributed by atoms with Crippen molar-refractivity contribution in [2.24, 2.45) is 5.73 Å². The van der Waals surface area contributed by atoms with Crippen molar-refractivity contribution in [2.75, 3.05) is 24.4 Å². The average molecular weight is 448 g/mol. The summed E-state index contributed by atoms with van der Waals surface area (Å²) in [6, 6.07) is 14.2. The lowest BCUT2D eigenvalue weighted by molar-refractivity contribution is -0.142. The summed E-state index contributed by atoms with van der Waals surface area (Å²) >= 11 is 6.07. The van der Waals surface area contributed by atoms with E-state index < -0.39 is 12.0 Å². The van der Waals surface area contributed by atoms with Crippen LogP contribution in [0.1, 0.15) is 23.7 Å². The molecule has 0 fully saturated rings. The first-order chi connectivity index (χ1) is 14.4. The van der Waals surface area contributed by atoms with E-state index in [-0.39, 0.29) is 17.3 Å².